The fraction of sp³-hybridized carbons (Fsp3) is 0.353. The Bertz CT molecular complexity index is 681. The number of nitrogens with zero attached hydrogens (tertiary/aromatic N) is 4. The van der Waals surface area contributed by atoms with Crippen LogP contribution < -0.4 is 10.2 Å². The molecule has 0 saturated carbocycles. The van der Waals surface area contributed by atoms with Crippen molar-refractivity contribution in [3.8, 4) is 0 Å². The molecule has 1 N–H and O–H groups in total. The minimum absolute atomic E-state index is 0.246. The van der Waals surface area contributed by atoms with Crippen LogP contribution >= 0.6 is 0 Å². The van der Waals surface area contributed by atoms with Gasteiger partial charge in [0.15, 0.2) is 0 Å². The average molecular weight is 311 g/mol. The standard InChI is InChI=1S/C17H21N5O/c1-13-11-14(20-17(23)15-12-18-5-6-19-15)3-4-16(13)22-9-7-21(2)8-10-22/h3-6,11-12H,7-10H2,1-2H3,(H,20,23). The predicted octanol–water partition coefficient (Wildman–Crippen LogP) is 1.79. The Morgan fingerprint density at radius 2 is 1.96 bits per heavy atom. The number of benzene rings is 1. The van der Waals surface area contributed by atoms with Crippen LogP contribution in [-0.4, -0.2) is 54.0 Å². The van der Waals surface area contributed by atoms with E-state index in [9.17, 15) is 4.79 Å². The van der Waals surface area contributed by atoms with Gasteiger partial charge in [-0.2, -0.15) is 0 Å². The zero-order valence-electron chi connectivity index (χ0n) is 13.5. The van der Waals surface area contributed by atoms with Crippen molar-refractivity contribution in [2.24, 2.45) is 0 Å². The molecule has 1 fully saturated rings. The molecule has 23 heavy (non-hydrogen) atoms. The second kappa shape index (κ2) is 6.75. The maximum Gasteiger partial charge on any atom is 0.275 e. The number of carbonyl (C=O) groups excluding carboxylic acids is 1. The fourth-order valence-electron chi connectivity index (χ4n) is 2.75. The molecular formula is C17H21N5O. The Kier molecular flexibility index (Phi) is 4.52. The summed E-state index contributed by atoms with van der Waals surface area (Å²) in [5.74, 6) is -0.246. The van der Waals surface area contributed by atoms with E-state index < -0.39 is 0 Å². The quantitative estimate of drug-likeness (QED) is 0.936. The molecule has 0 spiro atoms. The Hall–Kier alpha value is -2.47. The van der Waals surface area contributed by atoms with Gasteiger partial charge in [0, 0.05) is 49.9 Å². The Balaban J connectivity index is 1.71. The van der Waals surface area contributed by atoms with E-state index in [1.807, 2.05) is 12.1 Å². The second-order valence-electron chi connectivity index (χ2n) is 5.84. The lowest BCUT2D eigenvalue weighted by atomic mass is 10.1. The molecule has 0 aliphatic carbocycles. The van der Waals surface area contributed by atoms with Gasteiger partial charge in [0.2, 0.25) is 0 Å². The normalized spacial score (nSPS) is 15.5. The largest absolute Gasteiger partial charge is 0.369 e. The first kappa shape index (κ1) is 15.4. The molecule has 2 heterocycles. The lowest BCUT2D eigenvalue weighted by Crippen LogP contribution is -2.44. The Morgan fingerprint density at radius 3 is 2.61 bits per heavy atom. The summed E-state index contributed by atoms with van der Waals surface area (Å²) in [7, 11) is 2.15. The SMILES string of the molecule is Cc1cc(NC(=O)c2cnccn2)ccc1N1CCN(C)CC1. The summed E-state index contributed by atoms with van der Waals surface area (Å²) >= 11 is 0. The van der Waals surface area contributed by atoms with Gasteiger partial charge in [0.1, 0.15) is 5.69 Å². The number of aryl methyl sites for hydroxylation is 1. The number of aromatic nitrogens is 2. The van der Waals surface area contributed by atoms with E-state index in [0.29, 0.717) is 5.69 Å². The van der Waals surface area contributed by atoms with E-state index in [0.717, 1.165) is 37.4 Å². The molecule has 1 aromatic heterocycles. The molecule has 120 valence electrons. The Labute approximate surface area is 136 Å². The highest BCUT2D eigenvalue weighted by molar-refractivity contribution is 6.02. The number of rotatable bonds is 3. The third-order valence-electron chi connectivity index (χ3n) is 4.09. The second-order valence-corrected chi connectivity index (χ2v) is 5.84. The monoisotopic (exact) mass is 311 g/mol. The fourth-order valence-corrected chi connectivity index (χ4v) is 2.75. The van der Waals surface area contributed by atoms with Crippen molar-refractivity contribution in [1.29, 1.82) is 0 Å². The Morgan fingerprint density at radius 1 is 1.17 bits per heavy atom. The molecule has 6 nitrogen and oxygen atoms in total. The van der Waals surface area contributed by atoms with Gasteiger partial charge in [0.25, 0.3) is 5.91 Å². The van der Waals surface area contributed by atoms with Crippen LogP contribution in [0.2, 0.25) is 0 Å². The minimum atomic E-state index is -0.246. The number of nitrogens with one attached hydrogen (secondary N) is 1. The smallest absolute Gasteiger partial charge is 0.275 e. The zero-order chi connectivity index (χ0) is 16.2. The van der Waals surface area contributed by atoms with Crippen molar-refractivity contribution >= 4 is 17.3 Å². The van der Waals surface area contributed by atoms with E-state index in [1.54, 1.807) is 6.20 Å². The lowest BCUT2D eigenvalue weighted by molar-refractivity contribution is 0.102. The van der Waals surface area contributed by atoms with Crippen LogP contribution in [0.1, 0.15) is 16.1 Å². The van der Waals surface area contributed by atoms with E-state index in [4.69, 9.17) is 0 Å². The van der Waals surface area contributed by atoms with Crippen molar-refractivity contribution in [1.82, 2.24) is 14.9 Å². The van der Waals surface area contributed by atoms with Gasteiger partial charge in [-0.25, -0.2) is 4.98 Å². The summed E-state index contributed by atoms with van der Waals surface area (Å²) in [6.45, 7) is 6.28. The molecule has 0 radical (unpaired) electrons. The maximum absolute atomic E-state index is 12.1. The summed E-state index contributed by atoms with van der Waals surface area (Å²) in [6.07, 6.45) is 4.52. The third-order valence-corrected chi connectivity index (χ3v) is 4.09. The molecule has 0 atom stereocenters. The summed E-state index contributed by atoms with van der Waals surface area (Å²) < 4.78 is 0. The average Bonchev–Trinajstić information content (AvgIpc) is 2.57. The van der Waals surface area contributed by atoms with Crippen LogP contribution in [0, 0.1) is 6.92 Å². The first-order valence-corrected chi connectivity index (χ1v) is 7.75. The molecule has 1 aliphatic rings. The number of hydrogen-bond donors (Lipinski definition) is 1. The van der Waals surface area contributed by atoms with Crippen molar-refractivity contribution in [2.45, 2.75) is 6.92 Å². The van der Waals surface area contributed by atoms with E-state index in [2.05, 4.69) is 45.1 Å². The number of carbonyl (C=O) groups is 1. The highest BCUT2D eigenvalue weighted by Crippen LogP contribution is 2.24. The van der Waals surface area contributed by atoms with Crippen molar-refractivity contribution in [2.75, 3.05) is 43.4 Å². The molecule has 6 heteroatoms. The van der Waals surface area contributed by atoms with E-state index in [-0.39, 0.29) is 5.91 Å². The van der Waals surface area contributed by atoms with Crippen LogP contribution in [0.4, 0.5) is 11.4 Å². The number of likely N-dealkylation sites (N-methyl/N-ethyl adjacent to an activating group) is 1. The van der Waals surface area contributed by atoms with Crippen LogP contribution in [0.5, 0.6) is 0 Å². The van der Waals surface area contributed by atoms with Gasteiger partial charge in [0.05, 0.1) is 6.20 Å². The summed E-state index contributed by atoms with van der Waals surface area (Å²) in [6, 6.07) is 6.02. The van der Waals surface area contributed by atoms with Crippen LogP contribution in [0.25, 0.3) is 0 Å². The third kappa shape index (κ3) is 3.65. The summed E-state index contributed by atoms with van der Waals surface area (Å²) in [4.78, 5) is 24.8. The highest BCUT2D eigenvalue weighted by atomic mass is 16.1. The van der Waals surface area contributed by atoms with Crippen molar-refractivity contribution in [3.05, 3.63) is 48.0 Å². The van der Waals surface area contributed by atoms with E-state index >= 15 is 0 Å². The van der Waals surface area contributed by atoms with E-state index in [1.165, 1.54) is 18.1 Å². The van der Waals surface area contributed by atoms with Gasteiger partial charge < -0.3 is 15.1 Å². The van der Waals surface area contributed by atoms with Crippen LogP contribution in [-0.2, 0) is 0 Å². The van der Waals surface area contributed by atoms with Crippen molar-refractivity contribution in [3.63, 3.8) is 0 Å². The molecule has 3 rings (SSSR count). The summed E-state index contributed by atoms with van der Waals surface area (Å²) in [5, 5.41) is 2.87. The lowest BCUT2D eigenvalue weighted by Gasteiger charge is -2.35. The number of amides is 1. The molecule has 1 aliphatic heterocycles. The van der Waals surface area contributed by atoms with Gasteiger partial charge in [-0.1, -0.05) is 0 Å². The minimum Gasteiger partial charge on any atom is -0.369 e. The molecule has 1 amide bonds. The number of hydrogen-bond acceptors (Lipinski definition) is 5. The molecule has 2 aromatic rings. The highest BCUT2D eigenvalue weighted by Gasteiger charge is 2.16. The molecule has 0 bridgehead atoms. The predicted molar refractivity (Wildman–Crippen MR) is 90.9 cm³/mol. The molecule has 0 unspecified atom stereocenters. The molecular weight excluding hydrogens is 290 g/mol. The zero-order valence-corrected chi connectivity index (χ0v) is 13.5. The topological polar surface area (TPSA) is 61.4 Å². The first-order valence-electron chi connectivity index (χ1n) is 7.75. The first-order chi connectivity index (χ1) is 11.1. The maximum atomic E-state index is 12.1. The van der Waals surface area contributed by atoms with Crippen LogP contribution in [0.3, 0.4) is 0 Å². The van der Waals surface area contributed by atoms with Gasteiger partial charge in [-0.05, 0) is 37.7 Å². The van der Waals surface area contributed by atoms with Gasteiger partial charge in [-0.15, -0.1) is 0 Å². The summed E-state index contributed by atoms with van der Waals surface area (Å²) in [5.41, 5.74) is 3.48. The number of anilines is 2. The molecule has 1 saturated heterocycles. The van der Waals surface area contributed by atoms with Gasteiger partial charge >= 0.3 is 0 Å². The van der Waals surface area contributed by atoms with Crippen molar-refractivity contribution < 1.29 is 4.79 Å². The van der Waals surface area contributed by atoms with Gasteiger partial charge in [-0.3, -0.25) is 9.78 Å². The van der Waals surface area contributed by atoms with Crippen LogP contribution in [0.15, 0.2) is 36.8 Å². The molecule has 1 aromatic carbocycles. The number of piperazine rings is 1.